The fraction of sp³-hybridized carbons (Fsp3) is 0.467. The first-order valence-electron chi connectivity index (χ1n) is 6.51. The van der Waals surface area contributed by atoms with Crippen molar-refractivity contribution < 1.29 is 23.5 Å². The maximum Gasteiger partial charge on any atom is 0.340 e. The standard InChI is InChI=1S/C15H20FNO4/c1-9(13(18)20-5)17-12-7-6-10(16)8-11(12)14(19)21-15(2,3)4/h6-9,17H,1-5H3/t9-/m0/s1. The number of benzene rings is 1. The summed E-state index contributed by atoms with van der Waals surface area (Å²) in [4.78, 5) is 23.5. The van der Waals surface area contributed by atoms with E-state index in [1.165, 1.54) is 19.2 Å². The number of methoxy groups -OCH3 is 1. The van der Waals surface area contributed by atoms with E-state index in [1.54, 1.807) is 27.7 Å². The monoisotopic (exact) mass is 297 g/mol. The number of anilines is 1. The van der Waals surface area contributed by atoms with Crippen molar-refractivity contribution in [1.82, 2.24) is 0 Å². The van der Waals surface area contributed by atoms with Gasteiger partial charge in [0.15, 0.2) is 0 Å². The molecule has 1 atom stereocenters. The molecule has 6 heteroatoms. The molecule has 21 heavy (non-hydrogen) atoms. The highest BCUT2D eigenvalue weighted by Crippen LogP contribution is 2.21. The van der Waals surface area contributed by atoms with Gasteiger partial charge in [0.2, 0.25) is 0 Å². The molecule has 0 aliphatic rings. The van der Waals surface area contributed by atoms with E-state index in [9.17, 15) is 14.0 Å². The minimum Gasteiger partial charge on any atom is -0.467 e. The van der Waals surface area contributed by atoms with Crippen LogP contribution in [0.3, 0.4) is 0 Å². The first-order chi connectivity index (χ1) is 9.64. The second-order valence-electron chi connectivity index (χ2n) is 5.58. The average Bonchev–Trinajstić information content (AvgIpc) is 2.37. The Balaban J connectivity index is 3.05. The molecular weight excluding hydrogens is 277 g/mol. The smallest absolute Gasteiger partial charge is 0.340 e. The lowest BCUT2D eigenvalue weighted by Crippen LogP contribution is -2.29. The van der Waals surface area contributed by atoms with Crippen molar-refractivity contribution in [2.45, 2.75) is 39.3 Å². The van der Waals surface area contributed by atoms with Gasteiger partial charge in [-0.25, -0.2) is 14.0 Å². The molecule has 0 saturated heterocycles. The number of carbonyl (C=O) groups is 2. The van der Waals surface area contributed by atoms with Crippen LogP contribution in [0, 0.1) is 5.82 Å². The first kappa shape index (κ1) is 16.9. The van der Waals surface area contributed by atoms with E-state index in [4.69, 9.17) is 4.74 Å². The fourth-order valence-electron chi connectivity index (χ4n) is 1.61. The molecule has 1 N–H and O–H groups in total. The van der Waals surface area contributed by atoms with Gasteiger partial charge in [-0.3, -0.25) is 0 Å². The second-order valence-corrected chi connectivity index (χ2v) is 5.58. The molecule has 0 aromatic heterocycles. The minimum absolute atomic E-state index is 0.0284. The van der Waals surface area contributed by atoms with Crippen LogP contribution in [0.1, 0.15) is 38.1 Å². The van der Waals surface area contributed by atoms with Gasteiger partial charge in [-0.05, 0) is 45.9 Å². The van der Waals surface area contributed by atoms with Gasteiger partial charge >= 0.3 is 11.9 Å². The highest BCUT2D eigenvalue weighted by molar-refractivity contribution is 5.96. The van der Waals surface area contributed by atoms with Crippen molar-refractivity contribution in [2.75, 3.05) is 12.4 Å². The van der Waals surface area contributed by atoms with Crippen molar-refractivity contribution in [3.63, 3.8) is 0 Å². The molecule has 0 fully saturated rings. The Labute approximate surface area is 123 Å². The highest BCUT2D eigenvalue weighted by Gasteiger charge is 2.23. The van der Waals surface area contributed by atoms with E-state index in [-0.39, 0.29) is 5.56 Å². The van der Waals surface area contributed by atoms with Gasteiger partial charge < -0.3 is 14.8 Å². The number of hydrogen-bond acceptors (Lipinski definition) is 5. The summed E-state index contributed by atoms with van der Waals surface area (Å²) >= 11 is 0. The molecular formula is C15H20FNO4. The van der Waals surface area contributed by atoms with Gasteiger partial charge in [0.25, 0.3) is 0 Å². The predicted molar refractivity (Wildman–Crippen MR) is 76.7 cm³/mol. The molecule has 0 unspecified atom stereocenters. The van der Waals surface area contributed by atoms with E-state index in [1.807, 2.05) is 0 Å². The van der Waals surface area contributed by atoms with Crippen LogP contribution >= 0.6 is 0 Å². The van der Waals surface area contributed by atoms with E-state index in [0.717, 1.165) is 6.07 Å². The lowest BCUT2D eigenvalue weighted by atomic mass is 10.1. The molecule has 0 spiro atoms. The summed E-state index contributed by atoms with van der Waals surface area (Å²) in [6.45, 7) is 6.73. The molecule has 0 radical (unpaired) electrons. The second kappa shape index (κ2) is 6.56. The minimum atomic E-state index is -0.700. The molecule has 0 amide bonds. The topological polar surface area (TPSA) is 64.6 Å². The summed E-state index contributed by atoms with van der Waals surface area (Å²) in [5.74, 6) is -1.72. The van der Waals surface area contributed by atoms with Gasteiger partial charge in [-0.1, -0.05) is 0 Å². The molecule has 5 nitrogen and oxygen atoms in total. The Hall–Kier alpha value is -2.11. The van der Waals surface area contributed by atoms with Crippen LogP contribution in [-0.4, -0.2) is 30.7 Å². The van der Waals surface area contributed by atoms with Crippen molar-refractivity contribution in [3.05, 3.63) is 29.6 Å². The number of rotatable bonds is 4. The van der Waals surface area contributed by atoms with Gasteiger partial charge in [-0.2, -0.15) is 0 Å². The molecule has 1 aromatic rings. The zero-order chi connectivity index (χ0) is 16.2. The van der Waals surface area contributed by atoms with Crippen LogP contribution in [0.5, 0.6) is 0 Å². The van der Waals surface area contributed by atoms with Crippen LogP contribution in [0.15, 0.2) is 18.2 Å². The van der Waals surface area contributed by atoms with Crippen LogP contribution in [0.2, 0.25) is 0 Å². The molecule has 0 heterocycles. The summed E-state index contributed by atoms with van der Waals surface area (Å²) in [5.41, 5.74) is -0.363. The highest BCUT2D eigenvalue weighted by atomic mass is 19.1. The number of esters is 2. The van der Waals surface area contributed by atoms with Crippen molar-refractivity contribution in [2.24, 2.45) is 0 Å². The third-order valence-electron chi connectivity index (χ3n) is 2.53. The zero-order valence-corrected chi connectivity index (χ0v) is 12.8. The van der Waals surface area contributed by atoms with Crippen LogP contribution < -0.4 is 5.32 Å². The SMILES string of the molecule is COC(=O)[C@H](C)Nc1ccc(F)cc1C(=O)OC(C)(C)C. The largest absolute Gasteiger partial charge is 0.467 e. The molecule has 0 aliphatic heterocycles. The van der Waals surface area contributed by atoms with E-state index in [0.29, 0.717) is 5.69 Å². The van der Waals surface area contributed by atoms with Crippen LogP contribution in [0.25, 0.3) is 0 Å². The number of hydrogen-bond donors (Lipinski definition) is 1. The Kier molecular flexibility index (Phi) is 5.29. The lowest BCUT2D eigenvalue weighted by Gasteiger charge is -2.21. The van der Waals surface area contributed by atoms with Gasteiger partial charge in [0.05, 0.1) is 12.7 Å². The quantitative estimate of drug-likeness (QED) is 0.866. The fourth-order valence-corrected chi connectivity index (χ4v) is 1.61. The molecule has 1 aromatic carbocycles. The lowest BCUT2D eigenvalue weighted by molar-refractivity contribution is -0.141. The summed E-state index contributed by atoms with van der Waals surface area (Å²) in [5, 5.41) is 2.81. The Bertz CT molecular complexity index is 537. The normalized spacial score (nSPS) is 12.5. The van der Waals surface area contributed by atoms with E-state index in [2.05, 4.69) is 10.1 Å². The third-order valence-corrected chi connectivity index (χ3v) is 2.53. The Morgan fingerprint density at radius 3 is 2.43 bits per heavy atom. The third kappa shape index (κ3) is 5.06. The summed E-state index contributed by atoms with van der Waals surface area (Å²) in [6.07, 6.45) is 0. The molecule has 0 aliphatic carbocycles. The Morgan fingerprint density at radius 1 is 1.29 bits per heavy atom. The van der Waals surface area contributed by atoms with Gasteiger partial charge in [0.1, 0.15) is 17.5 Å². The predicted octanol–water partition coefficient (Wildman–Crippen LogP) is 2.75. The Morgan fingerprint density at radius 2 is 1.90 bits per heavy atom. The molecule has 0 saturated carbocycles. The number of nitrogens with one attached hydrogen (secondary N) is 1. The van der Waals surface area contributed by atoms with Crippen molar-refractivity contribution in [3.8, 4) is 0 Å². The van der Waals surface area contributed by atoms with E-state index >= 15 is 0 Å². The van der Waals surface area contributed by atoms with Crippen molar-refractivity contribution >= 4 is 17.6 Å². The van der Waals surface area contributed by atoms with Crippen LogP contribution in [-0.2, 0) is 14.3 Å². The first-order valence-corrected chi connectivity index (χ1v) is 6.51. The maximum atomic E-state index is 13.4. The summed E-state index contributed by atoms with van der Waals surface area (Å²) in [7, 11) is 1.26. The maximum absolute atomic E-state index is 13.4. The molecule has 1 rings (SSSR count). The van der Waals surface area contributed by atoms with E-state index < -0.39 is 29.4 Å². The summed E-state index contributed by atoms with van der Waals surface area (Å²) < 4.78 is 23.2. The average molecular weight is 297 g/mol. The van der Waals surface area contributed by atoms with Crippen molar-refractivity contribution in [1.29, 1.82) is 0 Å². The van der Waals surface area contributed by atoms with Crippen LogP contribution in [0.4, 0.5) is 10.1 Å². The zero-order valence-electron chi connectivity index (χ0n) is 12.8. The van der Waals surface area contributed by atoms with Gasteiger partial charge in [0, 0.05) is 5.69 Å². The number of ether oxygens (including phenoxy) is 2. The summed E-state index contributed by atoms with van der Waals surface area (Å²) in [6, 6.07) is 2.97. The number of halogens is 1. The van der Waals surface area contributed by atoms with Gasteiger partial charge in [-0.15, -0.1) is 0 Å². The number of carbonyl (C=O) groups excluding carboxylic acids is 2. The molecule has 116 valence electrons. The molecule has 0 bridgehead atoms.